The number of hydrogen-bond donors (Lipinski definition) is 1. The normalized spacial score (nSPS) is 15.2. The van der Waals surface area contributed by atoms with Crippen molar-refractivity contribution in [1.82, 2.24) is 20.0 Å². The van der Waals surface area contributed by atoms with Gasteiger partial charge in [-0.25, -0.2) is 25.2 Å². The second-order valence-corrected chi connectivity index (χ2v) is 6.52. The molecule has 2 aromatic heterocycles. The van der Waals surface area contributed by atoms with E-state index < -0.39 is 0 Å². The number of aromatic nitrogens is 2. The van der Waals surface area contributed by atoms with Crippen LogP contribution in [-0.2, 0) is 0 Å². The van der Waals surface area contributed by atoms with Crippen molar-refractivity contribution in [1.29, 1.82) is 0 Å². The monoisotopic (exact) mass is 384 g/mol. The zero-order valence-electron chi connectivity index (χ0n) is 15.4. The van der Waals surface area contributed by atoms with Gasteiger partial charge in [-0.2, -0.15) is 0 Å². The molecule has 0 spiro atoms. The predicted molar refractivity (Wildman–Crippen MR) is 110 cm³/mol. The number of nitrogens with two attached hydrogens (primary N) is 1. The smallest absolute Gasteiger partial charge is 0.161 e. The summed E-state index contributed by atoms with van der Waals surface area (Å²) in [7, 11) is 0. The molecule has 0 radical (unpaired) electrons. The molecule has 0 saturated heterocycles. The predicted octanol–water partition coefficient (Wildman–Crippen LogP) is 4.12. The van der Waals surface area contributed by atoms with Crippen LogP contribution in [0.3, 0.4) is 0 Å². The van der Waals surface area contributed by atoms with Gasteiger partial charge in [-0.1, -0.05) is 12.1 Å². The maximum atomic E-state index is 14.9. The lowest BCUT2D eigenvalue weighted by atomic mass is 10.1. The summed E-state index contributed by atoms with van der Waals surface area (Å²) in [5.74, 6) is 6.26. The minimum absolute atomic E-state index is 0.361. The summed E-state index contributed by atoms with van der Waals surface area (Å²) in [5, 5.41) is 5.98. The molecule has 29 heavy (non-hydrogen) atoms. The molecule has 0 atom stereocenters. The first-order chi connectivity index (χ1) is 14.2. The highest BCUT2D eigenvalue weighted by Crippen LogP contribution is 2.35. The molecule has 2 aliphatic heterocycles. The number of halogens is 1. The van der Waals surface area contributed by atoms with Crippen molar-refractivity contribution < 1.29 is 4.39 Å². The molecule has 3 aromatic rings. The fourth-order valence-electron chi connectivity index (χ4n) is 3.39. The average Bonchev–Trinajstić information content (AvgIpc) is 2.76. The van der Waals surface area contributed by atoms with Crippen LogP contribution in [-0.4, -0.2) is 20.0 Å². The standard InChI is InChI=1S/C22H17FN6/c23-17-7-1-2-8-18(17)29(21-12-11-16-6-3-13-25-22(16)26-21)28-15-5-9-19-20(28)10-4-14-27(19)24/h1-15H,24H2. The van der Waals surface area contributed by atoms with Crippen LogP contribution in [0.1, 0.15) is 0 Å². The summed E-state index contributed by atoms with van der Waals surface area (Å²) < 4.78 is 14.9. The van der Waals surface area contributed by atoms with Crippen LogP contribution < -0.4 is 10.9 Å². The van der Waals surface area contributed by atoms with E-state index in [0.29, 0.717) is 17.2 Å². The van der Waals surface area contributed by atoms with Gasteiger partial charge in [-0.3, -0.25) is 10.0 Å². The third-order valence-corrected chi connectivity index (χ3v) is 4.73. The molecule has 5 rings (SSSR count). The molecule has 1 aromatic carbocycles. The fourth-order valence-corrected chi connectivity index (χ4v) is 3.39. The summed E-state index contributed by atoms with van der Waals surface area (Å²) in [6.45, 7) is 0. The van der Waals surface area contributed by atoms with E-state index in [2.05, 4.69) is 9.97 Å². The van der Waals surface area contributed by atoms with Crippen molar-refractivity contribution in [3.05, 3.63) is 109 Å². The van der Waals surface area contributed by atoms with Gasteiger partial charge in [0.1, 0.15) is 11.5 Å². The van der Waals surface area contributed by atoms with E-state index in [1.807, 2.05) is 59.8 Å². The van der Waals surface area contributed by atoms with Gasteiger partial charge in [0.2, 0.25) is 0 Å². The minimum Gasteiger partial charge on any atom is -0.285 e. The second kappa shape index (κ2) is 6.88. The minimum atomic E-state index is -0.364. The van der Waals surface area contributed by atoms with Crippen LogP contribution in [0.2, 0.25) is 0 Å². The van der Waals surface area contributed by atoms with Gasteiger partial charge in [-0.05, 0) is 60.7 Å². The first-order valence-corrected chi connectivity index (χ1v) is 9.09. The molecular weight excluding hydrogens is 367 g/mol. The van der Waals surface area contributed by atoms with Crippen molar-refractivity contribution in [2.75, 3.05) is 5.01 Å². The quantitative estimate of drug-likeness (QED) is 0.686. The van der Waals surface area contributed by atoms with Gasteiger partial charge in [-0.15, -0.1) is 0 Å². The second-order valence-electron chi connectivity index (χ2n) is 6.52. The van der Waals surface area contributed by atoms with Crippen LogP contribution >= 0.6 is 0 Å². The van der Waals surface area contributed by atoms with Gasteiger partial charge in [0.15, 0.2) is 11.5 Å². The van der Waals surface area contributed by atoms with E-state index in [1.54, 1.807) is 35.6 Å². The zero-order chi connectivity index (χ0) is 19.8. The third kappa shape index (κ3) is 2.94. The molecule has 0 amide bonds. The number of hydrogen-bond acceptors (Lipinski definition) is 6. The van der Waals surface area contributed by atoms with Crippen molar-refractivity contribution in [3.8, 4) is 0 Å². The molecule has 4 heterocycles. The highest BCUT2D eigenvalue weighted by Gasteiger charge is 2.28. The van der Waals surface area contributed by atoms with E-state index in [0.717, 1.165) is 16.8 Å². The zero-order valence-corrected chi connectivity index (χ0v) is 15.4. The van der Waals surface area contributed by atoms with Crippen molar-refractivity contribution >= 4 is 22.5 Å². The fraction of sp³-hybridized carbons (Fsp3) is 0. The van der Waals surface area contributed by atoms with Crippen LogP contribution in [0.4, 0.5) is 15.9 Å². The summed E-state index contributed by atoms with van der Waals surface area (Å²) in [5.41, 5.74) is 2.53. The lowest BCUT2D eigenvalue weighted by Crippen LogP contribution is -2.41. The van der Waals surface area contributed by atoms with Gasteiger partial charge in [0, 0.05) is 24.0 Å². The van der Waals surface area contributed by atoms with E-state index in [1.165, 1.54) is 11.1 Å². The Morgan fingerprint density at radius 1 is 0.897 bits per heavy atom. The Morgan fingerprint density at radius 2 is 1.72 bits per heavy atom. The SMILES string of the molecule is NN1C=CC=C2C1=CC=CN2N(c1ccc2cccnc2n1)c1ccccc1F. The average molecular weight is 384 g/mol. The van der Waals surface area contributed by atoms with Crippen LogP contribution in [0.5, 0.6) is 0 Å². The highest BCUT2D eigenvalue weighted by molar-refractivity contribution is 5.77. The Morgan fingerprint density at radius 3 is 2.62 bits per heavy atom. The summed E-state index contributed by atoms with van der Waals surface area (Å²) in [6, 6.07) is 14.2. The largest absolute Gasteiger partial charge is 0.285 e. The molecule has 7 heteroatoms. The maximum Gasteiger partial charge on any atom is 0.161 e. The third-order valence-electron chi connectivity index (χ3n) is 4.73. The van der Waals surface area contributed by atoms with Crippen molar-refractivity contribution in [2.24, 2.45) is 5.84 Å². The maximum absolute atomic E-state index is 14.9. The van der Waals surface area contributed by atoms with Crippen LogP contribution in [0.15, 0.2) is 103 Å². The molecular formula is C22H17FN6. The topological polar surface area (TPSA) is 61.5 Å². The molecule has 0 unspecified atom stereocenters. The van der Waals surface area contributed by atoms with Gasteiger partial charge >= 0.3 is 0 Å². The summed E-state index contributed by atoms with van der Waals surface area (Å²) in [6.07, 6.45) is 12.8. The first kappa shape index (κ1) is 17.2. The number of fused-ring (bicyclic) bond motifs is 2. The Balaban J connectivity index is 1.70. The number of anilines is 2. The molecule has 0 fully saturated rings. The number of allylic oxidation sites excluding steroid dienone is 4. The number of nitrogens with zero attached hydrogens (tertiary/aromatic N) is 5. The van der Waals surface area contributed by atoms with E-state index in [9.17, 15) is 4.39 Å². The molecule has 0 aliphatic carbocycles. The molecule has 6 nitrogen and oxygen atoms in total. The van der Waals surface area contributed by atoms with Crippen molar-refractivity contribution in [3.63, 3.8) is 0 Å². The number of pyridine rings is 2. The Bertz CT molecular complexity index is 1210. The number of para-hydroxylation sites is 1. The molecule has 142 valence electrons. The molecule has 2 aliphatic rings. The Hall–Kier alpha value is -3.97. The first-order valence-electron chi connectivity index (χ1n) is 9.09. The molecule has 0 saturated carbocycles. The van der Waals surface area contributed by atoms with E-state index >= 15 is 0 Å². The molecule has 2 N–H and O–H groups in total. The lowest BCUT2D eigenvalue weighted by Gasteiger charge is -2.40. The highest BCUT2D eigenvalue weighted by atomic mass is 19.1. The van der Waals surface area contributed by atoms with Crippen molar-refractivity contribution in [2.45, 2.75) is 0 Å². The number of hydrazine groups is 2. The van der Waals surface area contributed by atoms with Crippen LogP contribution in [0, 0.1) is 5.82 Å². The summed E-state index contributed by atoms with van der Waals surface area (Å²) >= 11 is 0. The molecule has 0 bridgehead atoms. The van der Waals surface area contributed by atoms with Gasteiger partial charge < -0.3 is 0 Å². The lowest BCUT2D eigenvalue weighted by molar-refractivity contribution is 0.402. The number of benzene rings is 1. The van der Waals surface area contributed by atoms with Gasteiger partial charge in [0.05, 0.1) is 11.4 Å². The van der Waals surface area contributed by atoms with Gasteiger partial charge in [0.25, 0.3) is 0 Å². The summed E-state index contributed by atoms with van der Waals surface area (Å²) in [4.78, 5) is 9.03. The Labute approximate surface area is 166 Å². The van der Waals surface area contributed by atoms with E-state index in [-0.39, 0.29) is 5.82 Å². The van der Waals surface area contributed by atoms with Crippen LogP contribution in [0.25, 0.3) is 11.0 Å². The Kier molecular flexibility index (Phi) is 4.07. The van der Waals surface area contributed by atoms with E-state index in [4.69, 9.17) is 5.84 Å². The number of rotatable bonds is 3.